The average Bonchev–Trinajstić information content (AvgIpc) is 3.10. The number of hydrazine groups is 1. The second kappa shape index (κ2) is 8.60. The highest BCUT2D eigenvalue weighted by atomic mass is 35.5. The maximum Gasteiger partial charge on any atom is 0.242 e. The van der Waals surface area contributed by atoms with Gasteiger partial charge in [-0.15, -0.1) is 11.6 Å². The van der Waals surface area contributed by atoms with Crippen molar-refractivity contribution in [3.05, 3.63) is 35.9 Å². The minimum atomic E-state index is -0.603. The van der Waals surface area contributed by atoms with E-state index < -0.39 is 17.0 Å². The van der Waals surface area contributed by atoms with Crippen molar-refractivity contribution in [2.45, 2.75) is 42.6 Å². The van der Waals surface area contributed by atoms with Crippen molar-refractivity contribution in [1.29, 1.82) is 0 Å². The van der Waals surface area contributed by atoms with Gasteiger partial charge in [-0.25, -0.2) is 5.43 Å². The summed E-state index contributed by atoms with van der Waals surface area (Å²) < 4.78 is 0. The molecule has 9 heteroatoms. The Morgan fingerprint density at radius 3 is 2.70 bits per heavy atom. The summed E-state index contributed by atoms with van der Waals surface area (Å²) >= 11 is 7.36. The van der Waals surface area contributed by atoms with E-state index in [1.54, 1.807) is 6.21 Å². The highest BCUT2D eigenvalue weighted by molar-refractivity contribution is 7.98. The fraction of sp³-hybridized carbons (Fsp3) is 0.500. The number of hydrogen-bond donors (Lipinski definition) is 4. The molecule has 4 atom stereocenters. The number of alkyl halides is 1. The standard InChI is InChI=1S/C18H24ClN5O2S/c1-18(2,12-6-4-3-5-7-12)22-16(26)14-17(27-24-23-14)21-15(25)11-8-13(19)10-20-9-11/h3-7,9,11,13-14,17,23-24H,8,10H2,1-2H3,(H,21,25)(H,22,26). The van der Waals surface area contributed by atoms with Crippen LogP contribution in [0.1, 0.15) is 25.8 Å². The van der Waals surface area contributed by atoms with Gasteiger partial charge >= 0.3 is 0 Å². The van der Waals surface area contributed by atoms with E-state index >= 15 is 0 Å². The number of carbonyl (C=O) groups is 2. The fourth-order valence-corrected chi connectivity index (χ4v) is 4.17. The van der Waals surface area contributed by atoms with Crippen LogP contribution in [-0.4, -0.2) is 41.4 Å². The molecule has 3 rings (SSSR count). The molecular formula is C18H24ClN5O2S. The van der Waals surface area contributed by atoms with E-state index in [0.717, 1.165) is 5.56 Å². The monoisotopic (exact) mass is 409 g/mol. The third-order valence-electron chi connectivity index (χ3n) is 4.64. The van der Waals surface area contributed by atoms with Crippen LogP contribution in [-0.2, 0) is 15.1 Å². The molecule has 2 amide bonds. The highest BCUT2D eigenvalue weighted by Crippen LogP contribution is 2.22. The highest BCUT2D eigenvalue weighted by Gasteiger charge is 2.38. The van der Waals surface area contributed by atoms with Gasteiger partial charge in [0.25, 0.3) is 0 Å². The number of benzene rings is 1. The lowest BCUT2D eigenvalue weighted by Gasteiger charge is -2.30. The molecule has 2 aliphatic rings. The van der Waals surface area contributed by atoms with Crippen LogP contribution in [0.2, 0.25) is 0 Å². The molecule has 27 heavy (non-hydrogen) atoms. The molecule has 1 aromatic carbocycles. The maximum atomic E-state index is 12.8. The molecule has 0 spiro atoms. The van der Waals surface area contributed by atoms with Gasteiger partial charge in [-0.2, -0.15) is 4.83 Å². The zero-order valence-corrected chi connectivity index (χ0v) is 16.8. The molecule has 1 aromatic rings. The lowest BCUT2D eigenvalue weighted by Crippen LogP contribution is -2.56. The van der Waals surface area contributed by atoms with Crippen molar-refractivity contribution in [2.24, 2.45) is 10.9 Å². The number of nitrogens with one attached hydrogen (secondary N) is 4. The third kappa shape index (κ3) is 5.01. The summed E-state index contributed by atoms with van der Waals surface area (Å²) in [5, 5.41) is 5.39. The Morgan fingerprint density at radius 2 is 2.00 bits per heavy atom. The molecule has 0 aliphatic carbocycles. The number of carbonyl (C=O) groups excluding carboxylic acids is 2. The summed E-state index contributed by atoms with van der Waals surface area (Å²) in [5.74, 6) is -0.738. The van der Waals surface area contributed by atoms with Crippen molar-refractivity contribution in [3.8, 4) is 0 Å². The number of aliphatic imine (C=N–C) groups is 1. The topological polar surface area (TPSA) is 94.6 Å². The van der Waals surface area contributed by atoms with Crippen LogP contribution in [0.4, 0.5) is 0 Å². The number of halogens is 1. The third-order valence-corrected chi connectivity index (χ3v) is 5.83. The first kappa shape index (κ1) is 20.1. The molecule has 146 valence electrons. The molecule has 7 nitrogen and oxygen atoms in total. The second-order valence-corrected chi connectivity index (χ2v) is 8.77. The van der Waals surface area contributed by atoms with E-state index in [2.05, 4.69) is 25.9 Å². The van der Waals surface area contributed by atoms with Gasteiger partial charge < -0.3 is 10.6 Å². The number of amides is 2. The van der Waals surface area contributed by atoms with Gasteiger partial charge in [-0.05, 0) is 37.8 Å². The largest absolute Gasteiger partial charge is 0.346 e. The molecule has 2 heterocycles. The van der Waals surface area contributed by atoms with Crippen LogP contribution < -0.4 is 20.9 Å². The molecule has 4 N–H and O–H groups in total. The van der Waals surface area contributed by atoms with Gasteiger partial charge in [0.1, 0.15) is 11.4 Å². The molecule has 0 aromatic heterocycles. The minimum absolute atomic E-state index is 0.135. The molecule has 1 saturated heterocycles. The average molecular weight is 410 g/mol. The van der Waals surface area contributed by atoms with Crippen molar-refractivity contribution in [3.63, 3.8) is 0 Å². The Hall–Kier alpha value is -1.61. The summed E-state index contributed by atoms with van der Waals surface area (Å²) in [5.41, 5.74) is 3.39. The SMILES string of the molecule is CC(C)(NC(=O)C1NNSC1NC(=O)C1C=NCC(Cl)C1)c1ccccc1. The van der Waals surface area contributed by atoms with E-state index in [9.17, 15) is 9.59 Å². The smallest absolute Gasteiger partial charge is 0.242 e. The van der Waals surface area contributed by atoms with E-state index in [1.165, 1.54) is 11.9 Å². The fourth-order valence-electron chi connectivity index (χ4n) is 3.07. The van der Waals surface area contributed by atoms with E-state index in [1.807, 2.05) is 44.2 Å². The first-order chi connectivity index (χ1) is 12.9. The van der Waals surface area contributed by atoms with Crippen LogP contribution in [0.5, 0.6) is 0 Å². The van der Waals surface area contributed by atoms with Crippen molar-refractivity contribution in [1.82, 2.24) is 20.9 Å². The number of rotatable bonds is 5. The van der Waals surface area contributed by atoms with Gasteiger partial charge in [0.05, 0.1) is 23.4 Å². The van der Waals surface area contributed by atoms with Gasteiger partial charge in [0.15, 0.2) is 0 Å². The first-order valence-corrected chi connectivity index (χ1v) is 10.2. The summed E-state index contributed by atoms with van der Waals surface area (Å²) in [6, 6.07) is 9.15. The Kier molecular flexibility index (Phi) is 6.41. The Morgan fingerprint density at radius 1 is 1.26 bits per heavy atom. The van der Waals surface area contributed by atoms with Crippen LogP contribution in [0.3, 0.4) is 0 Å². The van der Waals surface area contributed by atoms with Crippen LogP contribution in [0, 0.1) is 5.92 Å². The normalized spacial score (nSPS) is 28.0. The summed E-state index contributed by atoms with van der Waals surface area (Å²) in [6.45, 7) is 4.43. The minimum Gasteiger partial charge on any atom is -0.346 e. The lowest BCUT2D eigenvalue weighted by molar-refractivity contribution is -0.126. The molecule has 0 saturated carbocycles. The zero-order valence-electron chi connectivity index (χ0n) is 15.2. The van der Waals surface area contributed by atoms with Crippen LogP contribution >= 0.6 is 23.5 Å². The van der Waals surface area contributed by atoms with Gasteiger partial charge in [0.2, 0.25) is 11.8 Å². The van der Waals surface area contributed by atoms with E-state index in [-0.39, 0.29) is 23.1 Å². The van der Waals surface area contributed by atoms with Crippen LogP contribution in [0.25, 0.3) is 0 Å². The predicted molar refractivity (Wildman–Crippen MR) is 108 cm³/mol. The lowest BCUT2D eigenvalue weighted by atomic mass is 9.94. The van der Waals surface area contributed by atoms with Gasteiger partial charge in [0, 0.05) is 6.21 Å². The quantitative estimate of drug-likeness (QED) is 0.434. The van der Waals surface area contributed by atoms with Crippen molar-refractivity contribution < 1.29 is 9.59 Å². The van der Waals surface area contributed by atoms with Crippen molar-refractivity contribution in [2.75, 3.05) is 6.54 Å². The molecule has 1 fully saturated rings. The molecule has 0 bridgehead atoms. The summed E-state index contributed by atoms with van der Waals surface area (Å²) in [7, 11) is 0. The molecule has 2 aliphatic heterocycles. The van der Waals surface area contributed by atoms with Crippen molar-refractivity contribution >= 4 is 41.6 Å². The number of nitrogens with zero attached hydrogens (tertiary/aromatic N) is 1. The Labute approximate surface area is 168 Å². The Bertz CT molecular complexity index is 715. The molecular weight excluding hydrogens is 386 g/mol. The molecule has 0 radical (unpaired) electrons. The number of hydrogen-bond acceptors (Lipinski definition) is 6. The van der Waals surface area contributed by atoms with Crippen LogP contribution in [0.15, 0.2) is 35.3 Å². The first-order valence-electron chi connectivity index (χ1n) is 8.85. The second-order valence-electron chi connectivity index (χ2n) is 7.21. The molecule has 4 unspecified atom stereocenters. The van der Waals surface area contributed by atoms with Gasteiger partial charge in [-0.1, -0.05) is 30.3 Å². The maximum absolute atomic E-state index is 12.8. The van der Waals surface area contributed by atoms with E-state index in [0.29, 0.717) is 13.0 Å². The van der Waals surface area contributed by atoms with Gasteiger partial charge in [-0.3, -0.25) is 14.6 Å². The predicted octanol–water partition coefficient (Wildman–Crippen LogP) is 1.30. The summed E-state index contributed by atoms with van der Waals surface area (Å²) in [6.07, 6.45) is 2.19. The zero-order chi connectivity index (χ0) is 19.4. The Balaban J connectivity index is 1.62. The van der Waals surface area contributed by atoms with E-state index in [4.69, 9.17) is 11.6 Å². The summed E-state index contributed by atoms with van der Waals surface area (Å²) in [4.78, 5) is 32.4.